The maximum Gasteiger partial charge on any atom is 0.100 e. The Hall–Kier alpha value is -0.460. The molecule has 0 spiro atoms. The molecule has 0 amide bonds. The van der Waals surface area contributed by atoms with Gasteiger partial charge in [-0.2, -0.15) is 0 Å². The van der Waals surface area contributed by atoms with Crippen molar-refractivity contribution >= 4 is 37.4 Å². The predicted octanol–water partition coefficient (Wildman–Crippen LogP) is 3.08. The third-order valence-electron chi connectivity index (χ3n) is 3.18. The molecule has 0 saturated carbocycles. The Morgan fingerprint density at radius 1 is 1.39 bits per heavy atom. The largest absolute Gasteiger partial charge is 0.376 e. The van der Waals surface area contributed by atoms with Crippen molar-refractivity contribution in [3.8, 4) is 0 Å². The van der Waals surface area contributed by atoms with E-state index in [1.54, 1.807) is 11.3 Å². The van der Waals surface area contributed by atoms with Crippen LogP contribution in [0, 0.1) is 0 Å². The van der Waals surface area contributed by atoms with E-state index in [0.29, 0.717) is 19.8 Å². The van der Waals surface area contributed by atoms with Gasteiger partial charge in [0.25, 0.3) is 0 Å². The molecule has 1 fully saturated rings. The van der Waals surface area contributed by atoms with E-state index in [4.69, 9.17) is 15.2 Å². The lowest BCUT2D eigenvalue weighted by molar-refractivity contribution is -0.0973. The monoisotopic (exact) mass is 327 g/mol. The van der Waals surface area contributed by atoms with Crippen LogP contribution in [0.25, 0.3) is 10.1 Å². The smallest absolute Gasteiger partial charge is 0.100 e. The average molecular weight is 328 g/mol. The summed E-state index contributed by atoms with van der Waals surface area (Å²) < 4.78 is 13.5. The minimum atomic E-state index is -0.131. The van der Waals surface area contributed by atoms with Crippen LogP contribution in [0.15, 0.2) is 28.1 Å². The molecule has 0 bridgehead atoms. The summed E-state index contributed by atoms with van der Waals surface area (Å²) in [5.41, 5.74) is 7.46. The van der Waals surface area contributed by atoms with E-state index in [0.717, 1.165) is 10.0 Å². The minimum Gasteiger partial charge on any atom is -0.376 e. The first-order valence-corrected chi connectivity index (χ1v) is 7.55. The maximum atomic E-state index is 6.32. The third kappa shape index (κ3) is 2.21. The number of hydrogen-bond donors (Lipinski definition) is 1. The molecule has 2 heterocycles. The number of benzene rings is 1. The van der Waals surface area contributed by atoms with Crippen LogP contribution in [0.4, 0.5) is 0 Å². The van der Waals surface area contributed by atoms with E-state index in [1.807, 2.05) is 12.1 Å². The molecule has 2 N–H and O–H groups in total. The van der Waals surface area contributed by atoms with Gasteiger partial charge in [-0.3, -0.25) is 0 Å². The predicted molar refractivity (Wildman–Crippen MR) is 77.0 cm³/mol. The van der Waals surface area contributed by atoms with Gasteiger partial charge in [-0.1, -0.05) is 12.1 Å². The first-order chi connectivity index (χ1) is 8.77. The normalized spacial score (nSPS) is 22.2. The quantitative estimate of drug-likeness (QED) is 0.921. The second kappa shape index (κ2) is 5.27. The lowest BCUT2D eigenvalue weighted by Gasteiger charge is -2.27. The maximum absolute atomic E-state index is 6.32. The molecule has 0 radical (unpaired) electrons. The highest BCUT2D eigenvalue weighted by atomic mass is 79.9. The highest BCUT2D eigenvalue weighted by Gasteiger charge is 2.25. The van der Waals surface area contributed by atoms with Crippen LogP contribution in [0.3, 0.4) is 0 Å². The fourth-order valence-corrected chi connectivity index (χ4v) is 3.88. The van der Waals surface area contributed by atoms with Crippen molar-refractivity contribution in [3.63, 3.8) is 0 Å². The summed E-state index contributed by atoms with van der Waals surface area (Å²) >= 11 is 5.28. The molecule has 96 valence electrons. The van der Waals surface area contributed by atoms with Gasteiger partial charge in [-0.15, -0.1) is 11.3 Å². The highest BCUT2D eigenvalue weighted by Crippen LogP contribution is 2.36. The Balaban J connectivity index is 1.96. The molecule has 1 saturated heterocycles. The summed E-state index contributed by atoms with van der Waals surface area (Å²) in [6.45, 7) is 1.87. The van der Waals surface area contributed by atoms with Crippen molar-refractivity contribution in [2.45, 2.75) is 12.1 Å². The Morgan fingerprint density at radius 2 is 2.28 bits per heavy atom. The second-order valence-corrected chi connectivity index (χ2v) is 6.05. The fraction of sp³-hybridized carbons (Fsp3) is 0.385. The molecule has 3 rings (SSSR count). The van der Waals surface area contributed by atoms with Gasteiger partial charge in [0.2, 0.25) is 0 Å². The lowest BCUT2D eigenvalue weighted by Crippen LogP contribution is -2.37. The zero-order valence-corrected chi connectivity index (χ0v) is 12.2. The Labute approximate surface area is 118 Å². The molecule has 1 aromatic carbocycles. The molecule has 2 aromatic rings. The van der Waals surface area contributed by atoms with Crippen molar-refractivity contribution in [3.05, 3.63) is 33.6 Å². The summed E-state index contributed by atoms with van der Waals surface area (Å²) in [6, 6.07) is 6.06. The number of rotatable bonds is 2. The van der Waals surface area contributed by atoms with Gasteiger partial charge in [0.1, 0.15) is 6.10 Å². The lowest BCUT2D eigenvalue weighted by atomic mass is 10.0. The van der Waals surface area contributed by atoms with Crippen LogP contribution in [0.2, 0.25) is 0 Å². The fourth-order valence-electron chi connectivity index (χ4n) is 2.21. The minimum absolute atomic E-state index is 0.0458. The van der Waals surface area contributed by atoms with Crippen LogP contribution in [-0.2, 0) is 9.47 Å². The van der Waals surface area contributed by atoms with Crippen molar-refractivity contribution in [1.82, 2.24) is 0 Å². The zero-order chi connectivity index (χ0) is 12.5. The number of fused-ring (bicyclic) bond motifs is 1. The number of halogens is 1. The summed E-state index contributed by atoms with van der Waals surface area (Å²) in [4.78, 5) is 0. The Kier molecular flexibility index (Phi) is 3.68. The van der Waals surface area contributed by atoms with Crippen molar-refractivity contribution in [2.75, 3.05) is 19.8 Å². The summed E-state index contributed by atoms with van der Waals surface area (Å²) in [5.74, 6) is 0. The van der Waals surface area contributed by atoms with E-state index in [9.17, 15) is 0 Å². The SMILES string of the molecule is NC(c1csc2c(Br)cccc12)C1COCCO1. The van der Waals surface area contributed by atoms with E-state index >= 15 is 0 Å². The zero-order valence-electron chi connectivity index (χ0n) is 9.77. The number of nitrogens with two attached hydrogens (primary N) is 1. The standard InChI is InChI=1S/C13H14BrNO2S/c14-10-3-1-2-8-9(7-18-13(8)10)12(15)11-6-16-4-5-17-11/h1-3,7,11-12H,4-6,15H2. The van der Waals surface area contributed by atoms with E-state index in [2.05, 4.69) is 27.4 Å². The third-order valence-corrected chi connectivity index (χ3v) is 5.15. The molecule has 2 unspecified atom stereocenters. The van der Waals surface area contributed by atoms with E-state index in [-0.39, 0.29) is 12.1 Å². The van der Waals surface area contributed by atoms with Gasteiger partial charge >= 0.3 is 0 Å². The second-order valence-electron chi connectivity index (χ2n) is 4.32. The summed E-state index contributed by atoms with van der Waals surface area (Å²) in [6.07, 6.45) is -0.0458. The molecule has 18 heavy (non-hydrogen) atoms. The molecular formula is C13H14BrNO2S. The molecule has 1 aliphatic heterocycles. The van der Waals surface area contributed by atoms with E-state index < -0.39 is 0 Å². The Bertz CT molecular complexity index is 551. The number of thiophene rings is 1. The number of ether oxygens (including phenoxy) is 2. The van der Waals surface area contributed by atoms with Gasteiger partial charge < -0.3 is 15.2 Å². The van der Waals surface area contributed by atoms with Crippen LogP contribution in [0.1, 0.15) is 11.6 Å². The molecule has 5 heteroatoms. The summed E-state index contributed by atoms with van der Waals surface area (Å²) in [7, 11) is 0. The summed E-state index contributed by atoms with van der Waals surface area (Å²) in [5, 5.41) is 3.33. The molecule has 1 aliphatic rings. The topological polar surface area (TPSA) is 44.5 Å². The molecule has 3 nitrogen and oxygen atoms in total. The number of hydrogen-bond acceptors (Lipinski definition) is 4. The van der Waals surface area contributed by atoms with Gasteiger partial charge in [0, 0.05) is 9.17 Å². The average Bonchev–Trinajstić information content (AvgIpc) is 2.84. The van der Waals surface area contributed by atoms with Crippen molar-refractivity contribution < 1.29 is 9.47 Å². The molecule has 0 aliphatic carbocycles. The van der Waals surface area contributed by atoms with E-state index in [1.165, 1.54) is 10.1 Å². The van der Waals surface area contributed by atoms with Crippen LogP contribution < -0.4 is 5.73 Å². The van der Waals surface area contributed by atoms with Crippen LogP contribution >= 0.6 is 27.3 Å². The molecule has 1 aromatic heterocycles. The van der Waals surface area contributed by atoms with Gasteiger partial charge in [0.05, 0.1) is 25.9 Å². The van der Waals surface area contributed by atoms with Crippen LogP contribution in [-0.4, -0.2) is 25.9 Å². The van der Waals surface area contributed by atoms with Gasteiger partial charge in [0.15, 0.2) is 0 Å². The van der Waals surface area contributed by atoms with Gasteiger partial charge in [-0.25, -0.2) is 0 Å². The Morgan fingerprint density at radius 3 is 3.06 bits per heavy atom. The van der Waals surface area contributed by atoms with Crippen LogP contribution in [0.5, 0.6) is 0 Å². The van der Waals surface area contributed by atoms with Crippen molar-refractivity contribution in [1.29, 1.82) is 0 Å². The molecular weight excluding hydrogens is 314 g/mol. The van der Waals surface area contributed by atoms with Crippen molar-refractivity contribution in [2.24, 2.45) is 5.73 Å². The first-order valence-electron chi connectivity index (χ1n) is 5.88. The van der Waals surface area contributed by atoms with Gasteiger partial charge in [-0.05, 0) is 38.3 Å². The molecule has 2 atom stereocenters. The first kappa shape index (κ1) is 12.6. The highest BCUT2D eigenvalue weighted by molar-refractivity contribution is 9.10.